The Morgan fingerprint density at radius 2 is 0.690 bits per heavy atom. The van der Waals surface area contributed by atoms with Crippen LogP contribution in [0.2, 0.25) is 0 Å². The molecule has 0 fully saturated rings. The van der Waals surface area contributed by atoms with Crippen LogP contribution in [0.15, 0.2) is 194 Å². The number of fused-ring (bicyclic) bond motifs is 3. The van der Waals surface area contributed by atoms with Crippen molar-refractivity contribution in [2.24, 2.45) is 0 Å². The van der Waals surface area contributed by atoms with Crippen LogP contribution in [0.3, 0.4) is 0 Å². The molecule has 9 rings (SSSR count). The molecule has 1 unspecified atom stereocenters. The van der Waals surface area contributed by atoms with E-state index in [4.69, 9.17) is 0 Å². The molecular formula is C58H52. The SMILES string of the molecule is CCC(C)(c1cc(-c2ccccc2)cc(-c2ccccc2)c1)c1ccc2c(c1)C(C)(C)c1cc(C(C)(C)c3cc(-c4ccccc4)cc(-c4ccccc4)c3)ccc1-2. The standard InChI is InChI=1S/C58H52/c1-7-58(6,51-36-46(42-24-16-10-17-25-42)33-47(37-51)43-26-18-11-19-27-43)49-29-31-53-52-30-28-48(38-54(52)57(4,5)55(53)39-49)56(2,3)50-34-44(40-20-12-8-13-21-40)32-45(35-50)41-22-14-9-15-23-41/h8-39H,7H2,1-6H3. The third-order valence-electron chi connectivity index (χ3n) is 13.4. The summed E-state index contributed by atoms with van der Waals surface area (Å²) in [6, 6.07) is 72.3. The van der Waals surface area contributed by atoms with Gasteiger partial charge < -0.3 is 0 Å². The number of benzene rings is 8. The maximum atomic E-state index is 2.54. The molecule has 8 aromatic rings. The highest BCUT2D eigenvalue weighted by molar-refractivity contribution is 5.83. The van der Waals surface area contributed by atoms with Crippen molar-refractivity contribution in [3.05, 3.63) is 228 Å². The van der Waals surface area contributed by atoms with Crippen molar-refractivity contribution < 1.29 is 0 Å². The molecule has 0 bridgehead atoms. The third kappa shape index (κ3) is 6.51. The molecule has 0 saturated heterocycles. The first-order valence-corrected chi connectivity index (χ1v) is 20.9. The van der Waals surface area contributed by atoms with Crippen LogP contribution in [-0.4, -0.2) is 0 Å². The largest absolute Gasteiger partial charge is 0.0642 e. The van der Waals surface area contributed by atoms with E-state index in [1.807, 2.05) is 0 Å². The summed E-state index contributed by atoms with van der Waals surface area (Å²) in [6.45, 7) is 14.4. The first-order chi connectivity index (χ1) is 28.1. The lowest BCUT2D eigenvalue weighted by molar-refractivity contribution is 0.547. The minimum Gasteiger partial charge on any atom is -0.0642 e. The minimum atomic E-state index is -0.236. The summed E-state index contributed by atoms with van der Waals surface area (Å²) in [4.78, 5) is 0. The van der Waals surface area contributed by atoms with Gasteiger partial charge in [-0.15, -0.1) is 0 Å². The Hall–Kier alpha value is -6.24. The van der Waals surface area contributed by atoms with Crippen LogP contribution in [0, 0.1) is 0 Å². The molecule has 0 aromatic heterocycles. The van der Waals surface area contributed by atoms with Crippen molar-refractivity contribution in [1.82, 2.24) is 0 Å². The molecule has 0 amide bonds. The van der Waals surface area contributed by atoms with E-state index in [1.54, 1.807) is 0 Å². The quantitative estimate of drug-likeness (QED) is 0.138. The van der Waals surface area contributed by atoms with Gasteiger partial charge in [-0.25, -0.2) is 0 Å². The maximum absolute atomic E-state index is 2.54. The lowest BCUT2D eigenvalue weighted by Gasteiger charge is -2.33. The Morgan fingerprint density at radius 1 is 0.345 bits per heavy atom. The van der Waals surface area contributed by atoms with Gasteiger partial charge in [0.15, 0.2) is 0 Å². The molecule has 0 heteroatoms. The van der Waals surface area contributed by atoms with Gasteiger partial charge >= 0.3 is 0 Å². The summed E-state index contributed by atoms with van der Waals surface area (Å²) in [5.74, 6) is 0. The predicted octanol–water partition coefficient (Wildman–Crippen LogP) is 15.7. The van der Waals surface area contributed by atoms with Crippen LogP contribution in [0.5, 0.6) is 0 Å². The van der Waals surface area contributed by atoms with Gasteiger partial charge in [-0.05, 0) is 108 Å². The fraction of sp³-hybridized carbons (Fsp3) is 0.172. The lowest BCUT2D eigenvalue weighted by atomic mass is 9.71. The van der Waals surface area contributed by atoms with Crippen molar-refractivity contribution >= 4 is 0 Å². The van der Waals surface area contributed by atoms with Crippen LogP contribution < -0.4 is 0 Å². The van der Waals surface area contributed by atoms with Crippen molar-refractivity contribution in [3.8, 4) is 55.6 Å². The molecule has 0 radical (unpaired) electrons. The zero-order chi connectivity index (χ0) is 40.1. The summed E-state index contributed by atoms with van der Waals surface area (Å²) < 4.78 is 0. The van der Waals surface area contributed by atoms with E-state index >= 15 is 0 Å². The monoisotopic (exact) mass is 748 g/mol. The topological polar surface area (TPSA) is 0 Å². The normalized spacial score (nSPS) is 14.0. The molecule has 58 heavy (non-hydrogen) atoms. The molecule has 0 N–H and O–H groups in total. The number of hydrogen-bond donors (Lipinski definition) is 0. The van der Waals surface area contributed by atoms with Crippen molar-refractivity contribution in [1.29, 1.82) is 0 Å². The van der Waals surface area contributed by atoms with Gasteiger partial charge in [0.1, 0.15) is 0 Å². The second-order valence-electron chi connectivity index (χ2n) is 17.5. The van der Waals surface area contributed by atoms with Crippen molar-refractivity contribution in [2.75, 3.05) is 0 Å². The van der Waals surface area contributed by atoms with Crippen LogP contribution >= 0.6 is 0 Å². The highest BCUT2D eigenvalue weighted by Crippen LogP contribution is 2.52. The molecule has 1 aliphatic carbocycles. The van der Waals surface area contributed by atoms with Gasteiger partial charge in [-0.3, -0.25) is 0 Å². The Kier molecular flexibility index (Phi) is 9.40. The number of hydrogen-bond acceptors (Lipinski definition) is 0. The summed E-state index contributed by atoms with van der Waals surface area (Å²) in [6.07, 6.45) is 0.983. The van der Waals surface area contributed by atoms with E-state index in [1.165, 1.54) is 89.0 Å². The summed E-state index contributed by atoms with van der Waals surface area (Å²) in [7, 11) is 0. The first-order valence-electron chi connectivity index (χ1n) is 20.9. The molecule has 0 nitrogen and oxygen atoms in total. The molecule has 1 atom stereocenters. The van der Waals surface area contributed by atoms with Gasteiger partial charge in [0.25, 0.3) is 0 Å². The van der Waals surface area contributed by atoms with Crippen LogP contribution in [0.4, 0.5) is 0 Å². The second-order valence-corrected chi connectivity index (χ2v) is 17.5. The highest BCUT2D eigenvalue weighted by Gasteiger charge is 2.39. The number of rotatable bonds is 9. The minimum absolute atomic E-state index is 0.163. The average Bonchev–Trinajstić information content (AvgIpc) is 3.51. The fourth-order valence-corrected chi connectivity index (χ4v) is 9.33. The van der Waals surface area contributed by atoms with Crippen molar-refractivity contribution in [2.45, 2.75) is 64.2 Å². The summed E-state index contributed by atoms with van der Waals surface area (Å²) in [5, 5.41) is 0. The molecular weight excluding hydrogens is 697 g/mol. The molecule has 284 valence electrons. The molecule has 1 aliphatic rings. The zero-order valence-electron chi connectivity index (χ0n) is 34.7. The molecule has 0 saturated carbocycles. The van der Waals surface area contributed by atoms with Crippen LogP contribution in [-0.2, 0) is 16.2 Å². The second kappa shape index (κ2) is 14.6. The smallest absolute Gasteiger partial charge is 0.0172 e. The molecule has 0 heterocycles. The summed E-state index contributed by atoms with van der Waals surface area (Å²) >= 11 is 0. The van der Waals surface area contributed by atoms with E-state index in [9.17, 15) is 0 Å². The Bertz CT molecular complexity index is 2620. The molecule has 8 aromatic carbocycles. The van der Waals surface area contributed by atoms with Gasteiger partial charge in [0.05, 0.1) is 0 Å². The van der Waals surface area contributed by atoms with E-state index < -0.39 is 0 Å². The van der Waals surface area contributed by atoms with E-state index in [-0.39, 0.29) is 16.2 Å². The maximum Gasteiger partial charge on any atom is 0.0172 e. The highest BCUT2D eigenvalue weighted by atomic mass is 14.4. The Balaban J connectivity index is 1.12. The lowest BCUT2D eigenvalue weighted by Crippen LogP contribution is -2.24. The van der Waals surface area contributed by atoms with Crippen molar-refractivity contribution in [3.63, 3.8) is 0 Å². The van der Waals surface area contributed by atoms with Gasteiger partial charge in [-0.2, -0.15) is 0 Å². The third-order valence-corrected chi connectivity index (χ3v) is 13.4. The average molecular weight is 749 g/mol. The van der Waals surface area contributed by atoms with Crippen LogP contribution in [0.1, 0.15) is 81.3 Å². The van der Waals surface area contributed by atoms with Gasteiger partial charge in [0.2, 0.25) is 0 Å². The molecule has 0 spiro atoms. The Labute approximate surface area is 345 Å². The van der Waals surface area contributed by atoms with Gasteiger partial charge in [0, 0.05) is 16.2 Å². The van der Waals surface area contributed by atoms with E-state index in [2.05, 4.69) is 236 Å². The van der Waals surface area contributed by atoms with Gasteiger partial charge in [-0.1, -0.05) is 224 Å². The predicted molar refractivity (Wildman–Crippen MR) is 248 cm³/mol. The summed E-state index contributed by atoms with van der Waals surface area (Å²) in [5.41, 5.74) is 20.3. The van der Waals surface area contributed by atoms with Crippen LogP contribution in [0.25, 0.3) is 55.6 Å². The molecule has 0 aliphatic heterocycles. The first kappa shape index (κ1) is 37.3. The van der Waals surface area contributed by atoms with E-state index in [0.29, 0.717) is 0 Å². The zero-order valence-corrected chi connectivity index (χ0v) is 34.7. The Morgan fingerprint density at radius 3 is 1.07 bits per heavy atom. The van der Waals surface area contributed by atoms with E-state index in [0.717, 1.165) is 6.42 Å². The fourth-order valence-electron chi connectivity index (χ4n) is 9.33.